The number of nitrogens with one attached hydrogen (secondary N) is 1. The number of hydrogen-bond acceptors (Lipinski definition) is 1. The summed E-state index contributed by atoms with van der Waals surface area (Å²) in [4.78, 5) is 0. The molecule has 0 rings (SSSR count). The third kappa shape index (κ3) is 15.6. The molecule has 0 saturated carbocycles. The molecule has 1 N–H and O–H groups in total. The van der Waals surface area contributed by atoms with E-state index in [1.54, 1.807) is 0 Å². The Bertz CT molecular complexity index is 204. The second kappa shape index (κ2) is 14.1. The number of allylic oxidation sites excluding steroid dienone is 2. The topological polar surface area (TPSA) is 12.0 Å². The molecule has 1 nitrogen and oxygen atoms in total. The summed E-state index contributed by atoms with van der Waals surface area (Å²) < 4.78 is 0. The van der Waals surface area contributed by atoms with Crippen LogP contribution in [0.25, 0.3) is 0 Å². The van der Waals surface area contributed by atoms with Crippen LogP contribution in [0.2, 0.25) is 0 Å². The maximum Gasteiger partial charge on any atom is -0.00464 e. The Labute approximate surface area is 122 Å². The predicted octanol–water partition coefficient (Wildman–Crippen LogP) is 5.71. The Balaban J connectivity index is 3.18. The van der Waals surface area contributed by atoms with Gasteiger partial charge in [-0.2, -0.15) is 0 Å². The third-order valence-corrected chi connectivity index (χ3v) is 3.73. The Hall–Kier alpha value is -0.300. The van der Waals surface area contributed by atoms with Crippen LogP contribution in [0.15, 0.2) is 11.6 Å². The van der Waals surface area contributed by atoms with E-state index in [4.69, 9.17) is 0 Å². The molecule has 0 heterocycles. The van der Waals surface area contributed by atoms with Gasteiger partial charge in [-0.15, -0.1) is 0 Å². The summed E-state index contributed by atoms with van der Waals surface area (Å²) in [6.45, 7) is 11.4. The standard InChI is InChI=1S/C18H37N/c1-5-6-7-8-9-10-15-19-16-14-18(4)13-11-12-17(2)3/h12,18-19H,5-11,13-16H2,1-4H3. The summed E-state index contributed by atoms with van der Waals surface area (Å²) in [6.07, 6.45) is 14.7. The van der Waals surface area contributed by atoms with E-state index in [0.29, 0.717) is 0 Å². The van der Waals surface area contributed by atoms with Gasteiger partial charge in [0.1, 0.15) is 0 Å². The van der Waals surface area contributed by atoms with Crippen LogP contribution in [0.4, 0.5) is 0 Å². The predicted molar refractivity (Wildman–Crippen MR) is 88.7 cm³/mol. The second-order valence-electron chi connectivity index (χ2n) is 6.27. The largest absolute Gasteiger partial charge is 0.317 e. The van der Waals surface area contributed by atoms with Crippen molar-refractivity contribution >= 4 is 0 Å². The van der Waals surface area contributed by atoms with E-state index in [1.807, 2.05) is 0 Å². The minimum atomic E-state index is 0.854. The van der Waals surface area contributed by atoms with Gasteiger partial charge in [-0.1, -0.05) is 57.6 Å². The Kier molecular flexibility index (Phi) is 13.9. The maximum absolute atomic E-state index is 3.59. The quantitative estimate of drug-likeness (QED) is 0.333. The van der Waals surface area contributed by atoms with Gasteiger partial charge in [0.05, 0.1) is 0 Å². The van der Waals surface area contributed by atoms with Crippen LogP contribution >= 0.6 is 0 Å². The molecule has 0 aliphatic rings. The van der Waals surface area contributed by atoms with Crippen molar-refractivity contribution in [3.63, 3.8) is 0 Å². The van der Waals surface area contributed by atoms with Crippen LogP contribution in [0.1, 0.15) is 85.5 Å². The van der Waals surface area contributed by atoms with Crippen molar-refractivity contribution in [1.29, 1.82) is 0 Å². The van der Waals surface area contributed by atoms with Gasteiger partial charge >= 0.3 is 0 Å². The average Bonchev–Trinajstić information content (AvgIpc) is 2.36. The molecule has 114 valence electrons. The van der Waals surface area contributed by atoms with E-state index in [2.05, 4.69) is 39.1 Å². The van der Waals surface area contributed by atoms with Crippen LogP contribution in [-0.2, 0) is 0 Å². The molecule has 0 aromatic heterocycles. The van der Waals surface area contributed by atoms with Crippen LogP contribution < -0.4 is 5.32 Å². The van der Waals surface area contributed by atoms with E-state index in [0.717, 1.165) is 5.92 Å². The average molecular weight is 268 g/mol. The molecular formula is C18H37N. The van der Waals surface area contributed by atoms with Crippen LogP contribution in [-0.4, -0.2) is 13.1 Å². The first-order chi connectivity index (χ1) is 9.16. The molecule has 0 aliphatic heterocycles. The Morgan fingerprint density at radius 1 is 0.947 bits per heavy atom. The fourth-order valence-corrected chi connectivity index (χ4v) is 2.30. The van der Waals surface area contributed by atoms with Gasteiger partial charge in [0.2, 0.25) is 0 Å². The van der Waals surface area contributed by atoms with Crippen molar-refractivity contribution < 1.29 is 0 Å². The minimum Gasteiger partial charge on any atom is -0.317 e. The first kappa shape index (κ1) is 18.7. The van der Waals surface area contributed by atoms with E-state index < -0.39 is 0 Å². The first-order valence-corrected chi connectivity index (χ1v) is 8.50. The van der Waals surface area contributed by atoms with Gasteiger partial charge in [0.15, 0.2) is 0 Å². The van der Waals surface area contributed by atoms with E-state index in [1.165, 1.54) is 76.5 Å². The lowest BCUT2D eigenvalue weighted by molar-refractivity contribution is 0.467. The van der Waals surface area contributed by atoms with Crippen LogP contribution in [0.3, 0.4) is 0 Å². The second-order valence-corrected chi connectivity index (χ2v) is 6.27. The lowest BCUT2D eigenvalue weighted by Gasteiger charge is -2.11. The first-order valence-electron chi connectivity index (χ1n) is 8.50. The molecule has 1 unspecified atom stereocenters. The van der Waals surface area contributed by atoms with Gasteiger partial charge in [-0.25, -0.2) is 0 Å². The zero-order valence-corrected chi connectivity index (χ0v) is 13.9. The van der Waals surface area contributed by atoms with Crippen LogP contribution in [0, 0.1) is 5.92 Å². The van der Waals surface area contributed by atoms with E-state index in [-0.39, 0.29) is 0 Å². The van der Waals surface area contributed by atoms with Crippen molar-refractivity contribution in [2.75, 3.05) is 13.1 Å². The summed E-state index contributed by atoms with van der Waals surface area (Å²) in [7, 11) is 0. The van der Waals surface area contributed by atoms with E-state index in [9.17, 15) is 0 Å². The van der Waals surface area contributed by atoms with Gasteiger partial charge in [-0.05, 0) is 58.5 Å². The Morgan fingerprint density at radius 3 is 2.32 bits per heavy atom. The fourth-order valence-electron chi connectivity index (χ4n) is 2.30. The zero-order valence-electron chi connectivity index (χ0n) is 13.9. The molecule has 0 bridgehead atoms. The van der Waals surface area contributed by atoms with Gasteiger partial charge in [0, 0.05) is 0 Å². The normalized spacial score (nSPS) is 12.4. The lowest BCUT2D eigenvalue weighted by atomic mass is 10.0. The molecule has 0 radical (unpaired) electrons. The van der Waals surface area contributed by atoms with Gasteiger partial charge in [-0.3, -0.25) is 0 Å². The van der Waals surface area contributed by atoms with Crippen LogP contribution in [0.5, 0.6) is 0 Å². The number of rotatable bonds is 13. The minimum absolute atomic E-state index is 0.854. The highest BCUT2D eigenvalue weighted by Crippen LogP contribution is 2.11. The highest BCUT2D eigenvalue weighted by molar-refractivity contribution is 4.92. The van der Waals surface area contributed by atoms with Gasteiger partial charge in [0.25, 0.3) is 0 Å². The number of unbranched alkanes of at least 4 members (excludes halogenated alkanes) is 5. The summed E-state index contributed by atoms with van der Waals surface area (Å²) >= 11 is 0. The summed E-state index contributed by atoms with van der Waals surface area (Å²) in [5.74, 6) is 0.854. The highest BCUT2D eigenvalue weighted by atomic mass is 14.8. The number of hydrogen-bond donors (Lipinski definition) is 1. The molecule has 0 amide bonds. The molecule has 0 spiro atoms. The summed E-state index contributed by atoms with van der Waals surface area (Å²) in [5, 5.41) is 3.59. The molecule has 1 heteroatoms. The van der Waals surface area contributed by atoms with Crippen molar-refractivity contribution in [2.24, 2.45) is 5.92 Å². The Morgan fingerprint density at radius 2 is 1.63 bits per heavy atom. The monoisotopic (exact) mass is 267 g/mol. The van der Waals surface area contributed by atoms with Crippen molar-refractivity contribution in [1.82, 2.24) is 5.32 Å². The molecule has 0 aromatic rings. The molecule has 0 saturated heterocycles. The van der Waals surface area contributed by atoms with Gasteiger partial charge < -0.3 is 5.32 Å². The molecule has 1 atom stereocenters. The molecular weight excluding hydrogens is 230 g/mol. The lowest BCUT2D eigenvalue weighted by Crippen LogP contribution is -2.18. The smallest absolute Gasteiger partial charge is 0.00464 e. The molecule has 0 aromatic carbocycles. The molecule has 0 aliphatic carbocycles. The molecule has 19 heavy (non-hydrogen) atoms. The third-order valence-electron chi connectivity index (χ3n) is 3.73. The molecule has 0 fully saturated rings. The van der Waals surface area contributed by atoms with E-state index >= 15 is 0 Å². The summed E-state index contributed by atoms with van der Waals surface area (Å²) in [6, 6.07) is 0. The summed E-state index contributed by atoms with van der Waals surface area (Å²) in [5.41, 5.74) is 1.45. The van der Waals surface area contributed by atoms with Crippen molar-refractivity contribution in [3.05, 3.63) is 11.6 Å². The SMILES string of the molecule is CCCCCCCCNCCC(C)CCC=C(C)C. The zero-order chi connectivity index (χ0) is 14.3. The fraction of sp³-hybridized carbons (Fsp3) is 0.889. The highest BCUT2D eigenvalue weighted by Gasteiger charge is 2.00. The van der Waals surface area contributed by atoms with Crippen molar-refractivity contribution in [2.45, 2.75) is 85.5 Å². The van der Waals surface area contributed by atoms with Crippen molar-refractivity contribution in [3.8, 4) is 0 Å². The maximum atomic E-state index is 3.59.